The highest BCUT2D eigenvalue weighted by Gasteiger charge is 2.32. The van der Waals surface area contributed by atoms with Crippen molar-refractivity contribution < 1.29 is 34.2 Å². The molecule has 0 aromatic heterocycles. The minimum atomic E-state index is -1.65. The molecule has 0 aliphatic heterocycles. The van der Waals surface area contributed by atoms with Gasteiger partial charge >= 0.3 is 11.9 Å². The van der Waals surface area contributed by atoms with Gasteiger partial charge in [-0.25, -0.2) is 4.79 Å². The quantitative estimate of drug-likeness (QED) is 0.213. The van der Waals surface area contributed by atoms with Gasteiger partial charge in [-0.15, -0.1) is 0 Å². The Morgan fingerprint density at radius 1 is 0.829 bits per heavy atom. The number of carboxylic acid groups (broad SMARTS) is 2. The molecular formula is C24H36N4O7. The van der Waals surface area contributed by atoms with Crippen LogP contribution in [-0.4, -0.2) is 64.0 Å². The summed E-state index contributed by atoms with van der Waals surface area (Å²) in [6.45, 7) is 7.06. The molecule has 7 N–H and O–H groups in total. The molecule has 35 heavy (non-hydrogen) atoms. The molecule has 0 fully saturated rings. The maximum Gasteiger partial charge on any atom is 0.326 e. The molecule has 0 radical (unpaired) electrons. The number of carbonyl (C=O) groups excluding carboxylic acids is 3. The zero-order chi connectivity index (χ0) is 26.7. The highest BCUT2D eigenvalue weighted by Crippen LogP contribution is 2.10. The lowest BCUT2D eigenvalue weighted by Gasteiger charge is -2.27. The van der Waals surface area contributed by atoms with Gasteiger partial charge in [0, 0.05) is 0 Å². The Bertz CT molecular complexity index is 889. The molecule has 0 heterocycles. The average Bonchev–Trinajstić information content (AvgIpc) is 2.75. The lowest BCUT2D eigenvalue weighted by Crippen LogP contribution is -2.58. The molecule has 0 bridgehead atoms. The van der Waals surface area contributed by atoms with E-state index in [1.54, 1.807) is 13.8 Å². The Morgan fingerprint density at radius 2 is 1.40 bits per heavy atom. The van der Waals surface area contributed by atoms with E-state index in [1.165, 1.54) is 0 Å². The van der Waals surface area contributed by atoms with Gasteiger partial charge in [0.15, 0.2) is 0 Å². The van der Waals surface area contributed by atoms with Crippen LogP contribution in [0, 0.1) is 11.8 Å². The third kappa shape index (κ3) is 10.6. The summed E-state index contributed by atoms with van der Waals surface area (Å²) >= 11 is 0. The van der Waals surface area contributed by atoms with Crippen LogP contribution in [0.15, 0.2) is 30.3 Å². The number of hydrogen-bond donors (Lipinski definition) is 6. The fourth-order valence-corrected chi connectivity index (χ4v) is 3.37. The number of nitrogens with one attached hydrogen (secondary N) is 3. The van der Waals surface area contributed by atoms with E-state index in [2.05, 4.69) is 16.0 Å². The molecule has 4 atom stereocenters. The SMILES string of the molecule is CC(C)CC(NC(=O)C(NC(=O)C(N)Cc1ccccc1)C(C)C)C(=O)NC(CC(=O)O)C(=O)O. The molecule has 0 spiro atoms. The van der Waals surface area contributed by atoms with E-state index in [0.717, 1.165) is 5.56 Å². The highest BCUT2D eigenvalue weighted by atomic mass is 16.4. The van der Waals surface area contributed by atoms with Crippen molar-refractivity contribution in [2.24, 2.45) is 17.6 Å². The fourth-order valence-electron chi connectivity index (χ4n) is 3.37. The van der Waals surface area contributed by atoms with E-state index in [4.69, 9.17) is 10.8 Å². The number of rotatable bonds is 14. The summed E-state index contributed by atoms with van der Waals surface area (Å²) in [5.74, 6) is -5.28. The van der Waals surface area contributed by atoms with Crippen LogP contribution in [0.1, 0.15) is 46.1 Å². The number of hydrogen-bond acceptors (Lipinski definition) is 6. The van der Waals surface area contributed by atoms with Crippen molar-refractivity contribution in [1.29, 1.82) is 0 Å². The van der Waals surface area contributed by atoms with Crippen molar-refractivity contribution in [3.63, 3.8) is 0 Å². The van der Waals surface area contributed by atoms with E-state index in [0.29, 0.717) is 0 Å². The van der Waals surface area contributed by atoms with Crippen LogP contribution in [0.3, 0.4) is 0 Å². The molecule has 4 unspecified atom stereocenters. The fraction of sp³-hybridized carbons (Fsp3) is 0.542. The van der Waals surface area contributed by atoms with E-state index in [9.17, 15) is 29.1 Å². The third-order valence-electron chi connectivity index (χ3n) is 5.22. The van der Waals surface area contributed by atoms with Crippen LogP contribution >= 0.6 is 0 Å². The summed E-state index contributed by atoms with van der Waals surface area (Å²) in [4.78, 5) is 60.7. The van der Waals surface area contributed by atoms with Gasteiger partial charge in [-0.1, -0.05) is 58.0 Å². The number of amides is 3. The minimum Gasteiger partial charge on any atom is -0.481 e. The van der Waals surface area contributed by atoms with Crippen molar-refractivity contribution in [3.05, 3.63) is 35.9 Å². The number of carbonyl (C=O) groups is 5. The first-order valence-electron chi connectivity index (χ1n) is 11.5. The Hall–Kier alpha value is -3.47. The maximum absolute atomic E-state index is 13.0. The van der Waals surface area contributed by atoms with Crippen LogP contribution in [-0.2, 0) is 30.4 Å². The van der Waals surface area contributed by atoms with Crippen molar-refractivity contribution >= 4 is 29.7 Å². The molecule has 0 saturated carbocycles. The number of benzene rings is 1. The van der Waals surface area contributed by atoms with Crippen LogP contribution in [0.4, 0.5) is 0 Å². The van der Waals surface area contributed by atoms with Gasteiger partial charge in [0.25, 0.3) is 0 Å². The summed E-state index contributed by atoms with van der Waals surface area (Å²) in [6.07, 6.45) is -0.367. The summed E-state index contributed by atoms with van der Waals surface area (Å²) in [5, 5.41) is 25.5. The Morgan fingerprint density at radius 3 is 1.89 bits per heavy atom. The molecule has 0 aliphatic carbocycles. The molecule has 1 aromatic carbocycles. The van der Waals surface area contributed by atoms with Gasteiger partial charge < -0.3 is 31.9 Å². The van der Waals surface area contributed by atoms with Gasteiger partial charge in [-0.05, 0) is 30.2 Å². The highest BCUT2D eigenvalue weighted by molar-refractivity contribution is 5.94. The zero-order valence-electron chi connectivity index (χ0n) is 20.5. The van der Waals surface area contributed by atoms with E-state index in [1.807, 2.05) is 44.2 Å². The number of aliphatic carboxylic acids is 2. The van der Waals surface area contributed by atoms with Crippen LogP contribution < -0.4 is 21.7 Å². The van der Waals surface area contributed by atoms with E-state index >= 15 is 0 Å². The molecule has 194 valence electrons. The second kappa shape index (κ2) is 14.1. The van der Waals surface area contributed by atoms with Gasteiger partial charge in [-0.2, -0.15) is 0 Å². The first-order valence-corrected chi connectivity index (χ1v) is 11.5. The minimum absolute atomic E-state index is 0.0554. The van der Waals surface area contributed by atoms with Crippen LogP contribution in [0.2, 0.25) is 0 Å². The topological polar surface area (TPSA) is 188 Å². The van der Waals surface area contributed by atoms with Crippen LogP contribution in [0.25, 0.3) is 0 Å². The van der Waals surface area contributed by atoms with Gasteiger partial charge in [0.05, 0.1) is 12.5 Å². The normalized spacial score (nSPS) is 14.5. The summed E-state index contributed by atoms with van der Waals surface area (Å²) in [5.41, 5.74) is 6.89. The Balaban J connectivity index is 2.92. The zero-order valence-corrected chi connectivity index (χ0v) is 20.5. The predicted octanol–water partition coefficient (Wildman–Crippen LogP) is 0.272. The molecule has 0 saturated heterocycles. The predicted molar refractivity (Wildman–Crippen MR) is 128 cm³/mol. The van der Waals surface area contributed by atoms with Gasteiger partial charge in [0.1, 0.15) is 18.1 Å². The van der Waals surface area contributed by atoms with Crippen molar-refractivity contribution in [1.82, 2.24) is 16.0 Å². The van der Waals surface area contributed by atoms with E-state index in [-0.39, 0.29) is 24.7 Å². The number of nitrogens with two attached hydrogens (primary N) is 1. The second-order valence-electron chi connectivity index (χ2n) is 9.21. The summed E-state index contributed by atoms with van der Waals surface area (Å²) in [6, 6.07) is 4.50. The average molecular weight is 493 g/mol. The lowest BCUT2D eigenvalue weighted by molar-refractivity contribution is -0.147. The molecular weight excluding hydrogens is 456 g/mol. The number of carboxylic acids is 2. The van der Waals surface area contributed by atoms with E-state index < -0.39 is 60.2 Å². The van der Waals surface area contributed by atoms with Crippen molar-refractivity contribution in [3.8, 4) is 0 Å². The van der Waals surface area contributed by atoms with Gasteiger partial charge in [-0.3, -0.25) is 19.2 Å². The summed E-state index contributed by atoms with van der Waals surface area (Å²) < 4.78 is 0. The molecule has 11 nitrogen and oxygen atoms in total. The largest absolute Gasteiger partial charge is 0.481 e. The first kappa shape index (κ1) is 29.6. The smallest absolute Gasteiger partial charge is 0.326 e. The Labute approximate surface area is 204 Å². The van der Waals surface area contributed by atoms with Crippen LogP contribution in [0.5, 0.6) is 0 Å². The molecule has 0 aliphatic rings. The summed E-state index contributed by atoms with van der Waals surface area (Å²) in [7, 11) is 0. The van der Waals surface area contributed by atoms with Crippen molar-refractivity contribution in [2.45, 2.75) is 71.1 Å². The molecule has 11 heteroatoms. The molecule has 1 rings (SSSR count). The Kier molecular flexibility index (Phi) is 11.9. The molecule has 1 aromatic rings. The third-order valence-corrected chi connectivity index (χ3v) is 5.22. The standard InChI is InChI=1S/C24H36N4O7/c1-13(2)10-17(22(32)27-18(24(34)35)12-19(29)30)26-23(33)20(14(3)4)28-21(31)16(25)11-15-8-6-5-7-9-15/h5-9,13-14,16-18,20H,10-12,25H2,1-4H3,(H,26,33)(H,27,32)(H,28,31)(H,29,30)(H,34,35). The first-order chi connectivity index (χ1) is 16.3. The maximum atomic E-state index is 13.0. The lowest BCUT2D eigenvalue weighted by atomic mass is 9.99. The monoisotopic (exact) mass is 492 g/mol. The molecule has 3 amide bonds. The van der Waals surface area contributed by atoms with Gasteiger partial charge in [0.2, 0.25) is 17.7 Å². The van der Waals surface area contributed by atoms with Crippen molar-refractivity contribution in [2.75, 3.05) is 0 Å². The second-order valence-corrected chi connectivity index (χ2v) is 9.21.